The zero-order valence-corrected chi connectivity index (χ0v) is 10.9. The maximum absolute atomic E-state index is 12.2. The number of hydrogen-bond donors (Lipinski definition) is 2. The number of allylic oxidation sites excluding steroid dienone is 2. The lowest BCUT2D eigenvalue weighted by atomic mass is 9.62. The summed E-state index contributed by atoms with van der Waals surface area (Å²) in [6.07, 6.45) is 5.85. The molecule has 3 rings (SSSR count). The fourth-order valence-electron chi connectivity index (χ4n) is 3.11. The fourth-order valence-corrected chi connectivity index (χ4v) is 3.11. The monoisotopic (exact) mass is 251 g/mol. The van der Waals surface area contributed by atoms with Crippen LogP contribution in [0.25, 0.3) is 0 Å². The lowest BCUT2D eigenvalue weighted by molar-refractivity contribution is -0.153. The predicted octanol–water partition coefficient (Wildman–Crippen LogP) is 1.67. The van der Waals surface area contributed by atoms with Gasteiger partial charge in [-0.3, -0.25) is 9.59 Å². The van der Waals surface area contributed by atoms with Gasteiger partial charge in [0.15, 0.2) is 0 Å². The standard InChI is InChI=1S/C14H21NO3/c1-8(2)7-15-13(16)11-9-3-5-10(6-4-9)12(11)14(17)18/h3,5,8-12H,4,6-7H2,1-2H3,(H,15,16)(H,17,18). The Hall–Kier alpha value is -1.32. The highest BCUT2D eigenvalue weighted by Crippen LogP contribution is 2.44. The van der Waals surface area contributed by atoms with Crippen molar-refractivity contribution in [3.63, 3.8) is 0 Å². The molecule has 0 aliphatic heterocycles. The van der Waals surface area contributed by atoms with Gasteiger partial charge < -0.3 is 10.4 Å². The van der Waals surface area contributed by atoms with E-state index in [-0.39, 0.29) is 23.7 Å². The molecule has 3 aliphatic rings. The minimum atomic E-state index is -0.834. The SMILES string of the molecule is CC(C)CNC(=O)C1C2C=CC(CC2)C1C(=O)O. The van der Waals surface area contributed by atoms with Gasteiger partial charge in [0.2, 0.25) is 5.91 Å². The van der Waals surface area contributed by atoms with E-state index in [1.54, 1.807) is 0 Å². The van der Waals surface area contributed by atoms with Crippen LogP contribution in [-0.4, -0.2) is 23.5 Å². The summed E-state index contributed by atoms with van der Waals surface area (Å²) in [5, 5.41) is 12.2. The molecule has 0 aromatic heterocycles. The molecule has 0 saturated heterocycles. The Bertz CT molecular complexity index is 375. The molecule has 0 heterocycles. The molecule has 4 atom stereocenters. The average molecular weight is 251 g/mol. The molecule has 18 heavy (non-hydrogen) atoms. The number of nitrogens with one attached hydrogen (secondary N) is 1. The molecule has 2 N–H and O–H groups in total. The van der Waals surface area contributed by atoms with Crippen molar-refractivity contribution in [1.82, 2.24) is 5.32 Å². The van der Waals surface area contributed by atoms with Crippen LogP contribution >= 0.6 is 0 Å². The van der Waals surface area contributed by atoms with Gasteiger partial charge in [0, 0.05) is 6.54 Å². The molecule has 2 bridgehead atoms. The third-order valence-electron chi connectivity index (χ3n) is 4.02. The summed E-state index contributed by atoms with van der Waals surface area (Å²) >= 11 is 0. The van der Waals surface area contributed by atoms with Crippen molar-refractivity contribution in [2.75, 3.05) is 6.54 Å². The third-order valence-corrected chi connectivity index (χ3v) is 4.02. The lowest BCUT2D eigenvalue weighted by Gasteiger charge is -2.41. The topological polar surface area (TPSA) is 66.4 Å². The van der Waals surface area contributed by atoms with Crippen molar-refractivity contribution in [2.45, 2.75) is 26.7 Å². The minimum Gasteiger partial charge on any atom is -0.481 e. The molecule has 4 nitrogen and oxygen atoms in total. The normalized spacial score (nSPS) is 33.7. The van der Waals surface area contributed by atoms with Gasteiger partial charge >= 0.3 is 5.97 Å². The number of amides is 1. The van der Waals surface area contributed by atoms with E-state index in [1.807, 2.05) is 26.0 Å². The molecule has 3 aliphatic carbocycles. The molecular formula is C14H21NO3. The van der Waals surface area contributed by atoms with Gasteiger partial charge in [0.25, 0.3) is 0 Å². The summed E-state index contributed by atoms with van der Waals surface area (Å²) in [4.78, 5) is 23.6. The molecule has 0 aromatic carbocycles. The van der Waals surface area contributed by atoms with Gasteiger partial charge in [-0.25, -0.2) is 0 Å². The number of fused-ring (bicyclic) bond motifs is 2. The van der Waals surface area contributed by atoms with E-state index in [0.717, 1.165) is 12.8 Å². The maximum atomic E-state index is 12.2. The van der Waals surface area contributed by atoms with Crippen molar-refractivity contribution in [3.05, 3.63) is 12.2 Å². The van der Waals surface area contributed by atoms with Crippen LogP contribution in [0.15, 0.2) is 12.2 Å². The molecule has 4 heteroatoms. The third kappa shape index (κ3) is 2.42. The molecule has 1 fully saturated rings. The van der Waals surface area contributed by atoms with Crippen LogP contribution in [0, 0.1) is 29.6 Å². The Balaban J connectivity index is 2.11. The van der Waals surface area contributed by atoms with Crippen LogP contribution in [0.1, 0.15) is 26.7 Å². The number of carboxylic acids is 1. The van der Waals surface area contributed by atoms with E-state index in [9.17, 15) is 14.7 Å². The predicted molar refractivity (Wildman–Crippen MR) is 67.8 cm³/mol. The molecular weight excluding hydrogens is 230 g/mol. The molecule has 1 amide bonds. The number of aliphatic carboxylic acids is 1. The summed E-state index contributed by atoms with van der Waals surface area (Å²) in [6, 6.07) is 0. The first-order chi connectivity index (χ1) is 8.50. The smallest absolute Gasteiger partial charge is 0.307 e. The van der Waals surface area contributed by atoms with Crippen molar-refractivity contribution < 1.29 is 14.7 Å². The first-order valence-electron chi connectivity index (χ1n) is 6.69. The second kappa shape index (κ2) is 5.12. The van der Waals surface area contributed by atoms with Gasteiger partial charge in [-0.05, 0) is 30.6 Å². The van der Waals surface area contributed by atoms with Crippen LogP contribution in [0.5, 0.6) is 0 Å². The molecule has 1 saturated carbocycles. The molecule has 4 unspecified atom stereocenters. The van der Waals surface area contributed by atoms with Crippen LogP contribution in [0.3, 0.4) is 0 Å². The molecule has 0 aromatic rings. The van der Waals surface area contributed by atoms with Crippen LogP contribution in [0.4, 0.5) is 0 Å². The Morgan fingerprint density at radius 1 is 1.22 bits per heavy atom. The molecule has 0 radical (unpaired) electrons. The number of carboxylic acid groups (broad SMARTS) is 1. The fraction of sp³-hybridized carbons (Fsp3) is 0.714. The van der Waals surface area contributed by atoms with Gasteiger partial charge in [-0.2, -0.15) is 0 Å². The minimum absolute atomic E-state index is 0.0299. The zero-order chi connectivity index (χ0) is 13.3. The van der Waals surface area contributed by atoms with Gasteiger partial charge in [0.05, 0.1) is 11.8 Å². The Kier molecular flexibility index (Phi) is 3.73. The quantitative estimate of drug-likeness (QED) is 0.747. The van der Waals surface area contributed by atoms with Gasteiger partial charge in [-0.1, -0.05) is 26.0 Å². The Labute approximate surface area is 107 Å². The lowest BCUT2D eigenvalue weighted by Crippen LogP contribution is -2.49. The number of hydrogen-bond acceptors (Lipinski definition) is 2. The molecule has 0 spiro atoms. The van der Waals surface area contributed by atoms with E-state index in [1.165, 1.54) is 0 Å². The highest BCUT2D eigenvalue weighted by molar-refractivity contribution is 5.86. The Morgan fingerprint density at radius 3 is 2.22 bits per heavy atom. The second-order valence-electron chi connectivity index (χ2n) is 5.82. The van der Waals surface area contributed by atoms with E-state index in [4.69, 9.17) is 0 Å². The van der Waals surface area contributed by atoms with Crippen LogP contribution < -0.4 is 5.32 Å². The van der Waals surface area contributed by atoms with Gasteiger partial charge in [0.1, 0.15) is 0 Å². The van der Waals surface area contributed by atoms with Crippen LogP contribution in [-0.2, 0) is 9.59 Å². The average Bonchev–Trinajstić information content (AvgIpc) is 2.36. The van der Waals surface area contributed by atoms with Crippen molar-refractivity contribution >= 4 is 11.9 Å². The highest BCUT2D eigenvalue weighted by Gasteiger charge is 2.47. The number of carbonyl (C=O) groups is 2. The summed E-state index contributed by atoms with van der Waals surface area (Å²) in [5.74, 6) is -1.33. The largest absolute Gasteiger partial charge is 0.481 e. The van der Waals surface area contributed by atoms with E-state index in [0.29, 0.717) is 12.5 Å². The van der Waals surface area contributed by atoms with Crippen molar-refractivity contribution in [2.24, 2.45) is 29.6 Å². The van der Waals surface area contributed by atoms with Crippen LogP contribution in [0.2, 0.25) is 0 Å². The maximum Gasteiger partial charge on any atom is 0.307 e. The first kappa shape index (κ1) is 13.1. The summed E-state index contributed by atoms with van der Waals surface area (Å²) in [7, 11) is 0. The molecule has 100 valence electrons. The second-order valence-corrected chi connectivity index (χ2v) is 5.82. The van der Waals surface area contributed by atoms with Gasteiger partial charge in [-0.15, -0.1) is 0 Å². The van der Waals surface area contributed by atoms with Crippen molar-refractivity contribution in [3.8, 4) is 0 Å². The summed E-state index contributed by atoms with van der Waals surface area (Å²) in [5.41, 5.74) is 0. The number of carbonyl (C=O) groups excluding carboxylic acids is 1. The van der Waals surface area contributed by atoms with E-state index in [2.05, 4.69) is 5.32 Å². The van der Waals surface area contributed by atoms with E-state index < -0.39 is 11.9 Å². The Morgan fingerprint density at radius 2 is 1.78 bits per heavy atom. The van der Waals surface area contributed by atoms with E-state index >= 15 is 0 Å². The number of rotatable bonds is 4. The zero-order valence-electron chi connectivity index (χ0n) is 10.9. The first-order valence-corrected chi connectivity index (χ1v) is 6.69. The summed E-state index contributed by atoms with van der Waals surface area (Å²) < 4.78 is 0. The highest BCUT2D eigenvalue weighted by atomic mass is 16.4. The summed E-state index contributed by atoms with van der Waals surface area (Å²) in [6.45, 7) is 4.67. The van der Waals surface area contributed by atoms with Crippen molar-refractivity contribution in [1.29, 1.82) is 0 Å².